The molecule has 1 saturated heterocycles. The van der Waals surface area contributed by atoms with Crippen molar-refractivity contribution in [1.82, 2.24) is 5.32 Å². The van der Waals surface area contributed by atoms with Crippen molar-refractivity contribution in [2.75, 3.05) is 24.5 Å². The highest BCUT2D eigenvalue weighted by Gasteiger charge is 2.24. The van der Waals surface area contributed by atoms with Crippen LogP contribution in [0.3, 0.4) is 0 Å². The molecule has 0 radical (unpaired) electrons. The van der Waals surface area contributed by atoms with Crippen molar-refractivity contribution in [2.45, 2.75) is 13.0 Å². The molecule has 7 heteroatoms. The number of halogens is 3. The Morgan fingerprint density at radius 2 is 1.92 bits per heavy atom. The number of benzene rings is 2. The molecule has 1 heterocycles. The van der Waals surface area contributed by atoms with Crippen LogP contribution in [0.2, 0.25) is 0 Å². The minimum atomic E-state index is -2.98. The van der Waals surface area contributed by atoms with Crippen LogP contribution < -0.4 is 15.0 Å². The summed E-state index contributed by atoms with van der Waals surface area (Å²) in [5.41, 5.74) is 1.03. The summed E-state index contributed by atoms with van der Waals surface area (Å²) in [6.07, 6.45) is 0.882. The number of para-hydroxylation sites is 1. The SMILES string of the molecule is O=C(NCC1CCN(c2ccc(F)cc2)C1)c1ccccc1OC(F)F. The monoisotopic (exact) mass is 364 g/mol. The molecule has 1 aliphatic rings. The van der Waals surface area contributed by atoms with Gasteiger partial charge >= 0.3 is 6.61 Å². The molecule has 3 rings (SSSR count). The molecule has 1 N–H and O–H groups in total. The second kappa shape index (κ2) is 8.12. The molecule has 0 spiro atoms. The Labute approximate surface area is 149 Å². The molecule has 1 amide bonds. The Balaban J connectivity index is 1.55. The quantitative estimate of drug-likeness (QED) is 0.850. The molecule has 2 aromatic rings. The molecular weight excluding hydrogens is 345 g/mol. The lowest BCUT2D eigenvalue weighted by Crippen LogP contribution is -2.31. The van der Waals surface area contributed by atoms with Crippen molar-refractivity contribution in [3.63, 3.8) is 0 Å². The summed E-state index contributed by atoms with van der Waals surface area (Å²) in [5.74, 6) is -0.630. The minimum absolute atomic E-state index is 0.0844. The van der Waals surface area contributed by atoms with Gasteiger partial charge in [-0.2, -0.15) is 8.78 Å². The van der Waals surface area contributed by atoms with Gasteiger partial charge in [-0.15, -0.1) is 0 Å². The van der Waals surface area contributed by atoms with Crippen LogP contribution in [0.1, 0.15) is 16.8 Å². The number of amides is 1. The van der Waals surface area contributed by atoms with Crippen molar-refractivity contribution >= 4 is 11.6 Å². The Kier molecular flexibility index (Phi) is 5.65. The molecule has 1 unspecified atom stereocenters. The lowest BCUT2D eigenvalue weighted by Gasteiger charge is -2.19. The van der Waals surface area contributed by atoms with Gasteiger partial charge in [0.15, 0.2) is 0 Å². The molecule has 0 aromatic heterocycles. The van der Waals surface area contributed by atoms with E-state index in [2.05, 4.69) is 15.0 Å². The zero-order valence-corrected chi connectivity index (χ0v) is 14.0. The van der Waals surface area contributed by atoms with Crippen molar-refractivity contribution in [2.24, 2.45) is 5.92 Å². The summed E-state index contributed by atoms with van der Waals surface area (Å²) in [7, 11) is 0. The molecule has 2 aromatic carbocycles. The summed E-state index contributed by atoms with van der Waals surface area (Å²) in [5, 5.41) is 2.79. The molecule has 0 aliphatic carbocycles. The summed E-state index contributed by atoms with van der Waals surface area (Å²) >= 11 is 0. The second-order valence-electron chi connectivity index (χ2n) is 6.16. The summed E-state index contributed by atoms with van der Waals surface area (Å²) in [4.78, 5) is 14.4. The van der Waals surface area contributed by atoms with E-state index in [1.165, 1.54) is 30.3 Å². The van der Waals surface area contributed by atoms with Crippen LogP contribution in [0.15, 0.2) is 48.5 Å². The first-order valence-electron chi connectivity index (χ1n) is 8.35. The van der Waals surface area contributed by atoms with Crippen LogP contribution in [0.5, 0.6) is 5.75 Å². The van der Waals surface area contributed by atoms with E-state index in [4.69, 9.17) is 0 Å². The lowest BCUT2D eigenvalue weighted by molar-refractivity contribution is -0.0501. The molecule has 1 atom stereocenters. The van der Waals surface area contributed by atoms with Gasteiger partial charge < -0.3 is 15.0 Å². The summed E-state index contributed by atoms with van der Waals surface area (Å²) in [6, 6.07) is 12.2. The number of nitrogens with one attached hydrogen (secondary N) is 1. The van der Waals surface area contributed by atoms with Gasteiger partial charge in [-0.1, -0.05) is 12.1 Å². The van der Waals surface area contributed by atoms with E-state index in [1.54, 1.807) is 18.2 Å². The van der Waals surface area contributed by atoms with Crippen molar-refractivity contribution in [1.29, 1.82) is 0 Å². The number of nitrogens with zero attached hydrogens (tertiary/aromatic N) is 1. The average Bonchev–Trinajstić information content (AvgIpc) is 3.09. The molecule has 1 aliphatic heterocycles. The first-order valence-corrected chi connectivity index (χ1v) is 8.35. The van der Waals surface area contributed by atoms with Crippen molar-refractivity contribution in [3.8, 4) is 5.75 Å². The molecule has 0 saturated carbocycles. The molecule has 1 fully saturated rings. The fourth-order valence-corrected chi connectivity index (χ4v) is 3.07. The zero-order chi connectivity index (χ0) is 18.5. The standard InChI is InChI=1S/C19H19F3N2O2/c20-14-5-7-15(8-6-14)24-10-9-13(12-24)11-23-18(25)16-3-1-2-4-17(16)26-19(21)22/h1-8,13,19H,9-12H2,(H,23,25). The normalized spacial score (nSPS) is 16.8. The van der Waals surface area contributed by atoms with E-state index < -0.39 is 12.5 Å². The van der Waals surface area contributed by atoms with E-state index >= 15 is 0 Å². The summed E-state index contributed by atoms with van der Waals surface area (Å²) in [6.45, 7) is -0.999. The Morgan fingerprint density at radius 3 is 2.65 bits per heavy atom. The number of alkyl halides is 2. The topological polar surface area (TPSA) is 41.6 Å². The highest BCUT2D eigenvalue weighted by Crippen LogP contribution is 2.24. The van der Waals surface area contributed by atoms with Crippen molar-refractivity contribution < 1.29 is 22.7 Å². The summed E-state index contributed by atoms with van der Waals surface area (Å²) < 4.78 is 42.3. The van der Waals surface area contributed by atoms with Gasteiger partial charge in [0.2, 0.25) is 0 Å². The number of carbonyl (C=O) groups is 1. The van der Waals surface area contributed by atoms with E-state index in [-0.39, 0.29) is 23.0 Å². The second-order valence-corrected chi connectivity index (χ2v) is 6.16. The van der Waals surface area contributed by atoms with Gasteiger partial charge in [-0.05, 0) is 48.7 Å². The fourth-order valence-electron chi connectivity index (χ4n) is 3.07. The first-order chi connectivity index (χ1) is 12.5. The highest BCUT2D eigenvalue weighted by molar-refractivity contribution is 5.96. The van der Waals surface area contributed by atoms with E-state index in [1.807, 2.05) is 0 Å². The van der Waals surface area contributed by atoms with Crippen LogP contribution in [0.4, 0.5) is 18.9 Å². The van der Waals surface area contributed by atoms with E-state index in [0.717, 1.165) is 25.2 Å². The fraction of sp³-hybridized carbons (Fsp3) is 0.316. The Bertz CT molecular complexity index is 753. The average molecular weight is 364 g/mol. The third-order valence-corrected chi connectivity index (χ3v) is 4.38. The number of hydrogen-bond acceptors (Lipinski definition) is 3. The van der Waals surface area contributed by atoms with Crippen LogP contribution in [-0.2, 0) is 0 Å². The number of anilines is 1. The number of carbonyl (C=O) groups excluding carboxylic acids is 1. The predicted molar refractivity (Wildman–Crippen MR) is 92.1 cm³/mol. The van der Waals surface area contributed by atoms with Gasteiger partial charge in [0.25, 0.3) is 5.91 Å². The number of ether oxygens (including phenoxy) is 1. The van der Waals surface area contributed by atoms with Gasteiger partial charge in [-0.25, -0.2) is 4.39 Å². The van der Waals surface area contributed by atoms with Crippen molar-refractivity contribution in [3.05, 3.63) is 59.9 Å². The maximum absolute atomic E-state index is 13.0. The van der Waals surface area contributed by atoms with Crippen LogP contribution in [0.25, 0.3) is 0 Å². The first kappa shape index (κ1) is 18.1. The minimum Gasteiger partial charge on any atom is -0.434 e. The smallest absolute Gasteiger partial charge is 0.387 e. The molecular formula is C19H19F3N2O2. The van der Waals surface area contributed by atoms with Crippen LogP contribution in [-0.4, -0.2) is 32.2 Å². The maximum Gasteiger partial charge on any atom is 0.387 e. The van der Waals surface area contributed by atoms with Crippen LogP contribution >= 0.6 is 0 Å². The highest BCUT2D eigenvalue weighted by atomic mass is 19.3. The molecule has 4 nitrogen and oxygen atoms in total. The molecule has 26 heavy (non-hydrogen) atoms. The van der Waals surface area contributed by atoms with Gasteiger partial charge in [0.05, 0.1) is 5.56 Å². The van der Waals surface area contributed by atoms with Gasteiger partial charge in [-0.3, -0.25) is 4.79 Å². The van der Waals surface area contributed by atoms with Crippen LogP contribution in [0, 0.1) is 11.7 Å². The maximum atomic E-state index is 13.0. The zero-order valence-electron chi connectivity index (χ0n) is 14.0. The number of rotatable bonds is 6. The Hall–Kier alpha value is -2.70. The third kappa shape index (κ3) is 4.47. The largest absolute Gasteiger partial charge is 0.434 e. The third-order valence-electron chi connectivity index (χ3n) is 4.38. The number of hydrogen-bond donors (Lipinski definition) is 1. The van der Waals surface area contributed by atoms with E-state index in [9.17, 15) is 18.0 Å². The molecule has 138 valence electrons. The predicted octanol–water partition coefficient (Wildman–Crippen LogP) is 3.68. The Morgan fingerprint density at radius 1 is 1.19 bits per heavy atom. The van der Waals surface area contributed by atoms with E-state index in [0.29, 0.717) is 6.54 Å². The lowest BCUT2D eigenvalue weighted by atomic mass is 10.1. The van der Waals surface area contributed by atoms with Gasteiger partial charge in [0, 0.05) is 25.3 Å². The van der Waals surface area contributed by atoms with Gasteiger partial charge in [0.1, 0.15) is 11.6 Å². The molecule has 0 bridgehead atoms.